The Bertz CT molecular complexity index is 675. The minimum Gasteiger partial charge on any atom is -0.305 e. The monoisotopic (exact) mass is 350 g/mol. The predicted octanol–water partition coefficient (Wildman–Crippen LogP) is 4.80. The summed E-state index contributed by atoms with van der Waals surface area (Å²) in [6, 6.07) is 16.8. The molecule has 138 valence electrons. The Morgan fingerprint density at radius 3 is 1.15 bits per heavy atom. The molecule has 0 aliphatic carbocycles. The van der Waals surface area contributed by atoms with Gasteiger partial charge in [0, 0.05) is 11.1 Å². The van der Waals surface area contributed by atoms with Gasteiger partial charge in [-0.25, -0.2) is 0 Å². The summed E-state index contributed by atoms with van der Waals surface area (Å²) in [7, 11) is 0. The lowest BCUT2D eigenvalue weighted by Crippen LogP contribution is -2.31. The Balaban J connectivity index is 2.01. The van der Waals surface area contributed by atoms with Crippen LogP contribution in [0.2, 0.25) is 0 Å². The van der Waals surface area contributed by atoms with E-state index in [2.05, 4.69) is 111 Å². The number of hydrogen-bond donors (Lipinski definition) is 2. The fourth-order valence-corrected chi connectivity index (χ4v) is 2.12. The summed E-state index contributed by atoms with van der Waals surface area (Å²) < 4.78 is 0. The number of nitrogens with zero attached hydrogens (tertiary/aromatic N) is 2. The second-order valence-corrected chi connectivity index (χ2v) is 8.48. The van der Waals surface area contributed by atoms with Gasteiger partial charge in [0.15, 0.2) is 0 Å². The Morgan fingerprint density at radius 1 is 0.577 bits per heavy atom. The van der Waals surface area contributed by atoms with Crippen LogP contribution in [0.5, 0.6) is 0 Å². The number of nitrogens with one attached hydrogen (secondary N) is 2. The van der Waals surface area contributed by atoms with Gasteiger partial charge in [-0.2, -0.15) is 10.2 Å². The summed E-state index contributed by atoms with van der Waals surface area (Å²) in [5.74, 6) is 0. The molecule has 2 rings (SSSR count). The van der Waals surface area contributed by atoms with Crippen molar-refractivity contribution in [3.05, 3.63) is 59.7 Å². The maximum atomic E-state index is 4.28. The SMILES string of the molecule is CC(C)(C)N/N=C/c1ccc(-c2ccc(/C=N/NC(C)(C)C)cc2)cc1. The third kappa shape index (κ3) is 7.09. The molecule has 0 radical (unpaired) electrons. The molecule has 4 heteroatoms. The van der Waals surface area contributed by atoms with Crippen LogP contribution in [-0.2, 0) is 0 Å². The quantitative estimate of drug-likeness (QED) is 0.601. The van der Waals surface area contributed by atoms with E-state index in [0.717, 1.165) is 11.1 Å². The van der Waals surface area contributed by atoms with Crippen LogP contribution >= 0.6 is 0 Å². The molecule has 2 aromatic carbocycles. The van der Waals surface area contributed by atoms with Crippen molar-refractivity contribution >= 4 is 12.4 Å². The van der Waals surface area contributed by atoms with Crippen LogP contribution < -0.4 is 10.9 Å². The summed E-state index contributed by atoms with van der Waals surface area (Å²) in [5.41, 5.74) is 10.7. The fraction of sp³-hybridized carbons (Fsp3) is 0.364. The van der Waals surface area contributed by atoms with Crippen LogP contribution in [0.4, 0.5) is 0 Å². The molecule has 0 saturated carbocycles. The van der Waals surface area contributed by atoms with Gasteiger partial charge in [-0.05, 0) is 63.8 Å². The lowest BCUT2D eigenvalue weighted by atomic mass is 10.0. The maximum Gasteiger partial charge on any atom is 0.0540 e. The van der Waals surface area contributed by atoms with Crippen LogP contribution in [0, 0.1) is 0 Å². The molecule has 0 unspecified atom stereocenters. The van der Waals surface area contributed by atoms with E-state index in [9.17, 15) is 0 Å². The molecule has 0 aliphatic rings. The van der Waals surface area contributed by atoms with Crippen LogP contribution in [-0.4, -0.2) is 23.5 Å². The van der Waals surface area contributed by atoms with E-state index >= 15 is 0 Å². The Hall–Kier alpha value is -2.62. The van der Waals surface area contributed by atoms with Gasteiger partial charge in [-0.1, -0.05) is 48.5 Å². The molecular weight excluding hydrogens is 320 g/mol. The number of rotatable bonds is 5. The van der Waals surface area contributed by atoms with Crippen molar-refractivity contribution in [3.8, 4) is 11.1 Å². The van der Waals surface area contributed by atoms with E-state index in [1.165, 1.54) is 11.1 Å². The minimum absolute atomic E-state index is 0.0239. The van der Waals surface area contributed by atoms with Crippen molar-refractivity contribution in [2.45, 2.75) is 52.6 Å². The average molecular weight is 351 g/mol. The molecule has 0 aromatic heterocycles. The van der Waals surface area contributed by atoms with Crippen molar-refractivity contribution < 1.29 is 0 Å². The second kappa shape index (κ2) is 8.17. The van der Waals surface area contributed by atoms with Crippen molar-refractivity contribution in [1.82, 2.24) is 10.9 Å². The van der Waals surface area contributed by atoms with E-state index in [-0.39, 0.29) is 11.1 Å². The third-order valence-electron chi connectivity index (χ3n) is 3.38. The van der Waals surface area contributed by atoms with Crippen molar-refractivity contribution in [2.24, 2.45) is 10.2 Å². The van der Waals surface area contributed by atoms with E-state index in [4.69, 9.17) is 0 Å². The van der Waals surface area contributed by atoms with Gasteiger partial charge >= 0.3 is 0 Å². The molecule has 0 atom stereocenters. The third-order valence-corrected chi connectivity index (χ3v) is 3.38. The van der Waals surface area contributed by atoms with Gasteiger partial charge in [0.1, 0.15) is 0 Å². The number of hydrogen-bond acceptors (Lipinski definition) is 4. The Morgan fingerprint density at radius 2 is 0.885 bits per heavy atom. The normalized spacial score (nSPS) is 12.7. The van der Waals surface area contributed by atoms with Crippen LogP contribution in [0.15, 0.2) is 58.7 Å². The second-order valence-electron chi connectivity index (χ2n) is 8.48. The lowest BCUT2D eigenvalue weighted by Gasteiger charge is -2.17. The molecule has 26 heavy (non-hydrogen) atoms. The smallest absolute Gasteiger partial charge is 0.0540 e. The molecule has 0 fully saturated rings. The van der Waals surface area contributed by atoms with Crippen molar-refractivity contribution in [2.75, 3.05) is 0 Å². The molecule has 2 aromatic rings. The predicted molar refractivity (Wildman–Crippen MR) is 113 cm³/mol. The highest BCUT2D eigenvalue weighted by molar-refractivity contribution is 5.82. The first-order valence-electron chi connectivity index (χ1n) is 8.93. The molecule has 0 bridgehead atoms. The highest BCUT2D eigenvalue weighted by Gasteiger charge is 2.06. The number of benzene rings is 2. The number of hydrazone groups is 2. The van der Waals surface area contributed by atoms with Gasteiger partial charge in [-0.15, -0.1) is 0 Å². The standard InChI is InChI=1S/C22H30N4/c1-21(2,3)25-23-15-17-7-11-19(12-8-17)20-13-9-18(10-14-20)16-24-26-22(4,5)6/h7-16,25-26H,1-6H3/b23-15+,24-16+. The molecule has 0 aliphatic heterocycles. The largest absolute Gasteiger partial charge is 0.305 e. The highest BCUT2D eigenvalue weighted by Crippen LogP contribution is 2.19. The zero-order valence-electron chi connectivity index (χ0n) is 16.7. The first-order chi connectivity index (χ1) is 12.1. The van der Waals surface area contributed by atoms with Gasteiger partial charge in [-0.3, -0.25) is 0 Å². The van der Waals surface area contributed by atoms with E-state index in [1.807, 2.05) is 12.4 Å². The van der Waals surface area contributed by atoms with Crippen LogP contribution in [0.1, 0.15) is 52.7 Å². The topological polar surface area (TPSA) is 48.8 Å². The zero-order valence-corrected chi connectivity index (χ0v) is 16.7. The van der Waals surface area contributed by atoms with Gasteiger partial charge in [0.25, 0.3) is 0 Å². The molecule has 0 heterocycles. The van der Waals surface area contributed by atoms with Crippen LogP contribution in [0.3, 0.4) is 0 Å². The minimum atomic E-state index is -0.0239. The van der Waals surface area contributed by atoms with Crippen molar-refractivity contribution in [3.63, 3.8) is 0 Å². The fourth-order valence-electron chi connectivity index (χ4n) is 2.12. The average Bonchev–Trinajstić information content (AvgIpc) is 2.54. The lowest BCUT2D eigenvalue weighted by molar-refractivity contribution is 0.442. The summed E-state index contributed by atoms with van der Waals surface area (Å²) in [6.45, 7) is 12.5. The summed E-state index contributed by atoms with van der Waals surface area (Å²) in [6.07, 6.45) is 3.69. The maximum absolute atomic E-state index is 4.28. The molecule has 0 spiro atoms. The highest BCUT2D eigenvalue weighted by atomic mass is 15.3. The Labute approximate surface area is 157 Å². The van der Waals surface area contributed by atoms with Gasteiger partial charge < -0.3 is 10.9 Å². The van der Waals surface area contributed by atoms with Crippen molar-refractivity contribution in [1.29, 1.82) is 0 Å². The van der Waals surface area contributed by atoms with Crippen LogP contribution in [0.25, 0.3) is 11.1 Å². The molecule has 0 saturated heterocycles. The Kier molecular flexibility index (Phi) is 6.19. The molecule has 2 N–H and O–H groups in total. The summed E-state index contributed by atoms with van der Waals surface area (Å²) >= 11 is 0. The summed E-state index contributed by atoms with van der Waals surface area (Å²) in [5, 5.41) is 8.55. The first kappa shape index (κ1) is 19.7. The molecular formula is C22H30N4. The first-order valence-corrected chi connectivity index (χ1v) is 8.93. The zero-order chi connectivity index (χ0) is 19.2. The summed E-state index contributed by atoms with van der Waals surface area (Å²) in [4.78, 5) is 0. The van der Waals surface area contributed by atoms with Gasteiger partial charge in [0.05, 0.1) is 12.4 Å². The van der Waals surface area contributed by atoms with Gasteiger partial charge in [0.2, 0.25) is 0 Å². The van der Waals surface area contributed by atoms with E-state index in [0.29, 0.717) is 0 Å². The van der Waals surface area contributed by atoms with E-state index < -0.39 is 0 Å². The molecule has 0 amide bonds. The van der Waals surface area contributed by atoms with E-state index in [1.54, 1.807) is 0 Å². The molecule has 4 nitrogen and oxygen atoms in total.